The Morgan fingerprint density at radius 1 is 1.00 bits per heavy atom. The third-order valence-corrected chi connectivity index (χ3v) is 3.06. The Balaban J connectivity index is 2.85. The van der Waals surface area contributed by atoms with E-state index in [9.17, 15) is 14.4 Å². The molecule has 6 heteroatoms. The summed E-state index contributed by atoms with van der Waals surface area (Å²) in [6, 6.07) is 0. The Bertz CT molecular complexity index is 545. The fourth-order valence-corrected chi connectivity index (χ4v) is 2.15. The van der Waals surface area contributed by atoms with Crippen LogP contribution in [0.1, 0.15) is 58.8 Å². The standard InChI is InChI=1S/C15H21NO5/c1-5-20-12(18)8-7-11(17)13-9(3)14(16-10(13)4)15(19)21-6-2/h16H,5-8H2,1-4H3. The quantitative estimate of drug-likeness (QED) is 0.616. The number of rotatable bonds is 7. The summed E-state index contributed by atoms with van der Waals surface area (Å²) in [6.45, 7) is 7.39. The molecule has 0 aromatic carbocycles. The van der Waals surface area contributed by atoms with Gasteiger partial charge in [0.05, 0.1) is 19.6 Å². The number of aromatic nitrogens is 1. The number of aryl methyl sites for hydroxylation is 1. The predicted octanol–water partition coefficient (Wildman–Crippen LogP) is 2.33. The Morgan fingerprint density at radius 2 is 1.62 bits per heavy atom. The molecular formula is C15H21NO5. The van der Waals surface area contributed by atoms with Crippen LogP contribution in [0.4, 0.5) is 0 Å². The fraction of sp³-hybridized carbons (Fsp3) is 0.533. The molecule has 0 saturated heterocycles. The zero-order valence-corrected chi connectivity index (χ0v) is 12.9. The molecule has 0 atom stereocenters. The van der Waals surface area contributed by atoms with Gasteiger partial charge in [-0.25, -0.2) is 4.79 Å². The van der Waals surface area contributed by atoms with Gasteiger partial charge in [0.25, 0.3) is 0 Å². The summed E-state index contributed by atoms with van der Waals surface area (Å²) in [5.41, 5.74) is 1.89. The number of ether oxygens (including phenoxy) is 2. The molecule has 1 heterocycles. The van der Waals surface area contributed by atoms with Crippen LogP contribution in [-0.2, 0) is 14.3 Å². The summed E-state index contributed by atoms with van der Waals surface area (Å²) in [6.07, 6.45) is 0.0894. The van der Waals surface area contributed by atoms with Crippen molar-refractivity contribution in [2.75, 3.05) is 13.2 Å². The molecule has 1 aromatic rings. The van der Waals surface area contributed by atoms with Crippen LogP contribution in [0.15, 0.2) is 0 Å². The van der Waals surface area contributed by atoms with Crippen LogP contribution in [0.2, 0.25) is 0 Å². The maximum absolute atomic E-state index is 12.2. The third kappa shape index (κ3) is 4.18. The summed E-state index contributed by atoms with van der Waals surface area (Å²) in [7, 11) is 0. The number of Topliss-reactive ketones (excluding diaryl/α,β-unsaturated/α-hetero) is 1. The van der Waals surface area contributed by atoms with Gasteiger partial charge in [0.1, 0.15) is 5.69 Å². The van der Waals surface area contributed by atoms with E-state index in [2.05, 4.69) is 4.98 Å². The van der Waals surface area contributed by atoms with Gasteiger partial charge in [0.2, 0.25) is 0 Å². The number of ketones is 1. The number of hydrogen-bond acceptors (Lipinski definition) is 5. The van der Waals surface area contributed by atoms with Crippen molar-refractivity contribution >= 4 is 17.7 Å². The van der Waals surface area contributed by atoms with Gasteiger partial charge in [0.15, 0.2) is 5.78 Å². The van der Waals surface area contributed by atoms with Crippen molar-refractivity contribution in [3.8, 4) is 0 Å². The predicted molar refractivity (Wildman–Crippen MR) is 76.4 cm³/mol. The topological polar surface area (TPSA) is 85.5 Å². The fourth-order valence-electron chi connectivity index (χ4n) is 2.15. The minimum atomic E-state index is -0.484. The number of carbonyl (C=O) groups excluding carboxylic acids is 3. The lowest BCUT2D eigenvalue weighted by Crippen LogP contribution is -2.10. The second kappa shape index (κ2) is 7.61. The van der Waals surface area contributed by atoms with Gasteiger partial charge in [-0.05, 0) is 33.3 Å². The third-order valence-electron chi connectivity index (χ3n) is 3.06. The summed E-state index contributed by atoms with van der Waals surface area (Å²) in [5, 5.41) is 0. The van der Waals surface area contributed by atoms with E-state index in [1.54, 1.807) is 27.7 Å². The van der Waals surface area contributed by atoms with Crippen molar-refractivity contribution in [2.24, 2.45) is 0 Å². The van der Waals surface area contributed by atoms with E-state index >= 15 is 0 Å². The average molecular weight is 295 g/mol. The molecule has 116 valence electrons. The lowest BCUT2D eigenvalue weighted by molar-refractivity contribution is -0.143. The van der Waals surface area contributed by atoms with Gasteiger partial charge in [-0.2, -0.15) is 0 Å². The maximum Gasteiger partial charge on any atom is 0.355 e. The van der Waals surface area contributed by atoms with E-state index in [-0.39, 0.29) is 30.9 Å². The van der Waals surface area contributed by atoms with Crippen LogP contribution in [0, 0.1) is 13.8 Å². The zero-order chi connectivity index (χ0) is 16.0. The molecule has 0 radical (unpaired) electrons. The molecule has 0 saturated carbocycles. The first-order valence-corrected chi connectivity index (χ1v) is 6.97. The lowest BCUT2D eigenvalue weighted by atomic mass is 10.0. The van der Waals surface area contributed by atoms with Crippen LogP contribution in [0.5, 0.6) is 0 Å². The van der Waals surface area contributed by atoms with Crippen LogP contribution in [0.3, 0.4) is 0 Å². The summed E-state index contributed by atoms with van der Waals surface area (Å²) < 4.78 is 9.72. The number of carbonyl (C=O) groups is 3. The molecule has 0 aliphatic carbocycles. The van der Waals surface area contributed by atoms with Gasteiger partial charge in [-0.1, -0.05) is 0 Å². The molecule has 1 aromatic heterocycles. The highest BCUT2D eigenvalue weighted by Crippen LogP contribution is 2.21. The number of esters is 2. The highest BCUT2D eigenvalue weighted by molar-refractivity contribution is 6.03. The summed E-state index contributed by atoms with van der Waals surface area (Å²) in [5.74, 6) is -1.07. The van der Waals surface area contributed by atoms with Crippen molar-refractivity contribution in [1.82, 2.24) is 4.98 Å². The Labute approximate surface area is 123 Å². The zero-order valence-electron chi connectivity index (χ0n) is 12.9. The molecule has 0 unspecified atom stereocenters. The normalized spacial score (nSPS) is 10.3. The first-order valence-electron chi connectivity index (χ1n) is 6.97. The van der Waals surface area contributed by atoms with Crippen molar-refractivity contribution in [3.63, 3.8) is 0 Å². The van der Waals surface area contributed by atoms with Crippen LogP contribution in [0.25, 0.3) is 0 Å². The summed E-state index contributed by atoms with van der Waals surface area (Å²) in [4.78, 5) is 38.1. The minimum Gasteiger partial charge on any atom is -0.466 e. The smallest absolute Gasteiger partial charge is 0.355 e. The first kappa shape index (κ1) is 16.9. The first-order chi connectivity index (χ1) is 9.92. The summed E-state index contributed by atoms with van der Waals surface area (Å²) >= 11 is 0. The number of hydrogen-bond donors (Lipinski definition) is 1. The van der Waals surface area contributed by atoms with E-state index in [0.717, 1.165) is 0 Å². The highest BCUT2D eigenvalue weighted by Gasteiger charge is 2.23. The van der Waals surface area contributed by atoms with Crippen LogP contribution >= 0.6 is 0 Å². The van der Waals surface area contributed by atoms with Crippen molar-refractivity contribution in [3.05, 3.63) is 22.5 Å². The second-order valence-corrected chi connectivity index (χ2v) is 4.57. The molecule has 0 amide bonds. The molecule has 0 spiro atoms. The lowest BCUT2D eigenvalue weighted by Gasteiger charge is -2.03. The Kier molecular flexibility index (Phi) is 6.14. The van der Waals surface area contributed by atoms with Gasteiger partial charge in [-0.3, -0.25) is 9.59 Å². The van der Waals surface area contributed by atoms with Gasteiger partial charge in [-0.15, -0.1) is 0 Å². The van der Waals surface area contributed by atoms with Gasteiger partial charge in [0, 0.05) is 17.7 Å². The molecule has 1 rings (SSSR count). The van der Waals surface area contributed by atoms with E-state index in [1.807, 2.05) is 0 Å². The Hall–Kier alpha value is -2.11. The molecule has 0 fully saturated rings. The van der Waals surface area contributed by atoms with E-state index in [4.69, 9.17) is 9.47 Å². The second-order valence-electron chi connectivity index (χ2n) is 4.57. The van der Waals surface area contributed by atoms with Crippen molar-refractivity contribution < 1.29 is 23.9 Å². The molecule has 0 aliphatic heterocycles. The van der Waals surface area contributed by atoms with Crippen molar-refractivity contribution in [1.29, 1.82) is 0 Å². The molecule has 0 bridgehead atoms. The molecule has 6 nitrogen and oxygen atoms in total. The monoisotopic (exact) mass is 295 g/mol. The number of H-pyrrole nitrogens is 1. The molecule has 0 aliphatic rings. The van der Waals surface area contributed by atoms with Gasteiger partial charge >= 0.3 is 11.9 Å². The number of nitrogens with one attached hydrogen (secondary N) is 1. The highest BCUT2D eigenvalue weighted by atomic mass is 16.5. The average Bonchev–Trinajstić information content (AvgIpc) is 2.72. The van der Waals surface area contributed by atoms with Crippen LogP contribution in [-0.4, -0.2) is 35.9 Å². The van der Waals surface area contributed by atoms with E-state index in [1.165, 1.54) is 0 Å². The minimum absolute atomic E-state index is 0.0332. The van der Waals surface area contributed by atoms with E-state index < -0.39 is 11.9 Å². The SMILES string of the molecule is CCOC(=O)CCC(=O)c1c(C)[nH]c(C(=O)OCC)c1C. The van der Waals surface area contributed by atoms with Gasteiger partial charge < -0.3 is 14.5 Å². The Morgan fingerprint density at radius 3 is 2.19 bits per heavy atom. The van der Waals surface area contributed by atoms with Crippen molar-refractivity contribution in [2.45, 2.75) is 40.5 Å². The molecular weight excluding hydrogens is 274 g/mol. The van der Waals surface area contributed by atoms with E-state index in [0.29, 0.717) is 23.4 Å². The maximum atomic E-state index is 12.2. The molecule has 1 N–H and O–H groups in total. The largest absolute Gasteiger partial charge is 0.466 e. The number of aromatic amines is 1. The van der Waals surface area contributed by atoms with Crippen LogP contribution < -0.4 is 0 Å². The molecule has 21 heavy (non-hydrogen) atoms.